The first-order valence-electron chi connectivity index (χ1n) is 6.87. The number of hydrogen-bond donors (Lipinski definition) is 0. The molecule has 6 heteroatoms. The molecule has 1 unspecified atom stereocenters. The number of rotatable bonds is 5. The largest absolute Gasteiger partial charge is 0.292 e. The normalized spacial score (nSPS) is 16.6. The second kappa shape index (κ2) is 5.28. The van der Waals surface area contributed by atoms with E-state index in [9.17, 15) is 4.39 Å². The van der Waals surface area contributed by atoms with Crippen LogP contribution in [0.5, 0.6) is 0 Å². The minimum atomic E-state index is -0.207. The van der Waals surface area contributed by atoms with Crippen LogP contribution in [0.15, 0.2) is 24.3 Å². The van der Waals surface area contributed by atoms with Crippen molar-refractivity contribution in [2.24, 2.45) is 0 Å². The topological polar surface area (TPSA) is 46.8 Å². The lowest BCUT2D eigenvalue weighted by Gasteiger charge is -2.24. The van der Waals surface area contributed by atoms with E-state index in [0.717, 1.165) is 24.2 Å². The summed E-state index contributed by atoms with van der Waals surface area (Å²) in [5, 5.41) is 11.9. The molecule has 1 aromatic carbocycles. The van der Waals surface area contributed by atoms with Crippen molar-refractivity contribution in [2.75, 3.05) is 7.05 Å². The summed E-state index contributed by atoms with van der Waals surface area (Å²) in [7, 11) is 2.03. The SMILES string of the molecule is CC(c1ccc(F)cc1)N(C)Cc1nnnn1C1CC1. The zero-order valence-corrected chi connectivity index (χ0v) is 11.7. The van der Waals surface area contributed by atoms with Gasteiger partial charge in [-0.05, 0) is 54.9 Å². The van der Waals surface area contributed by atoms with Gasteiger partial charge in [0, 0.05) is 6.04 Å². The summed E-state index contributed by atoms with van der Waals surface area (Å²) in [6.07, 6.45) is 2.32. The second-order valence-corrected chi connectivity index (χ2v) is 5.41. The zero-order valence-electron chi connectivity index (χ0n) is 11.7. The fourth-order valence-electron chi connectivity index (χ4n) is 2.27. The van der Waals surface area contributed by atoms with Crippen LogP contribution >= 0.6 is 0 Å². The zero-order chi connectivity index (χ0) is 14.1. The van der Waals surface area contributed by atoms with Crippen LogP contribution in [0.4, 0.5) is 4.39 Å². The molecule has 0 aliphatic heterocycles. The summed E-state index contributed by atoms with van der Waals surface area (Å²) in [5.74, 6) is 0.685. The molecule has 106 valence electrons. The van der Waals surface area contributed by atoms with Gasteiger partial charge in [-0.3, -0.25) is 4.90 Å². The Morgan fingerprint density at radius 2 is 2.05 bits per heavy atom. The predicted octanol–water partition coefficient (Wildman–Crippen LogP) is 2.34. The van der Waals surface area contributed by atoms with Crippen molar-refractivity contribution in [3.63, 3.8) is 0 Å². The Morgan fingerprint density at radius 3 is 2.70 bits per heavy atom. The molecule has 1 atom stereocenters. The lowest BCUT2D eigenvalue weighted by atomic mass is 10.1. The molecule has 1 heterocycles. The minimum Gasteiger partial charge on any atom is -0.292 e. The van der Waals surface area contributed by atoms with E-state index < -0.39 is 0 Å². The molecular formula is C14H18FN5. The van der Waals surface area contributed by atoms with Crippen molar-refractivity contribution < 1.29 is 4.39 Å². The summed E-state index contributed by atoms with van der Waals surface area (Å²) in [4.78, 5) is 2.16. The van der Waals surface area contributed by atoms with Gasteiger partial charge < -0.3 is 0 Å². The molecule has 0 saturated heterocycles. The van der Waals surface area contributed by atoms with Crippen molar-refractivity contribution in [3.8, 4) is 0 Å². The van der Waals surface area contributed by atoms with Gasteiger partial charge in [-0.1, -0.05) is 12.1 Å². The molecule has 1 aliphatic rings. The number of hydrogen-bond acceptors (Lipinski definition) is 4. The average molecular weight is 275 g/mol. The van der Waals surface area contributed by atoms with Crippen LogP contribution in [-0.4, -0.2) is 32.2 Å². The average Bonchev–Trinajstić information content (AvgIpc) is 3.19. The van der Waals surface area contributed by atoms with Crippen molar-refractivity contribution in [1.82, 2.24) is 25.1 Å². The highest BCUT2D eigenvalue weighted by atomic mass is 19.1. The molecule has 5 nitrogen and oxygen atoms in total. The molecule has 1 fully saturated rings. The van der Waals surface area contributed by atoms with Gasteiger partial charge in [0.05, 0.1) is 12.6 Å². The minimum absolute atomic E-state index is 0.181. The van der Waals surface area contributed by atoms with Crippen LogP contribution in [0.1, 0.15) is 43.2 Å². The molecule has 1 aromatic heterocycles. The Labute approximate surface area is 117 Å². The fraction of sp³-hybridized carbons (Fsp3) is 0.500. The molecule has 3 rings (SSSR count). The second-order valence-electron chi connectivity index (χ2n) is 5.41. The number of benzene rings is 1. The third kappa shape index (κ3) is 2.70. The first-order valence-corrected chi connectivity index (χ1v) is 6.87. The van der Waals surface area contributed by atoms with E-state index in [2.05, 4.69) is 27.3 Å². The molecule has 1 aliphatic carbocycles. The van der Waals surface area contributed by atoms with E-state index in [4.69, 9.17) is 0 Å². The third-order valence-corrected chi connectivity index (χ3v) is 3.86. The quantitative estimate of drug-likeness (QED) is 0.840. The Morgan fingerprint density at radius 1 is 1.35 bits per heavy atom. The van der Waals surface area contributed by atoms with Crippen LogP contribution in [0, 0.1) is 5.82 Å². The molecular weight excluding hydrogens is 257 g/mol. The smallest absolute Gasteiger partial charge is 0.165 e. The van der Waals surface area contributed by atoms with Gasteiger partial charge in [-0.2, -0.15) is 0 Å². The van der Waals surface area contributed by atoms with E-state index in [0.29, 0.717) is 12.6 Å². The molecule has 0 radical (unpaired) electrons. The van der Waals surface area contributed by atoms with E-state index in [1.165, 1.54) is 12.1 Å². The maximum absolute atomic E-state index is 13.0. The Bertz CT molecular complexity index is 576. The molecule has 1 saturated carbocycles. The highest BCUT2D eigenvalue weighted by molar-refractivity contribution is 5.19. The standard InChI is InChI=1S/C14H18FN5/c1-10(11-3-5-12(15)6-4-11)19(2)9-14-16-17-18-20(14)13-7-8-13/h3-6,10,13H,7-9H2,1-2H3. The van der Waals surface area contributed by atoms with Gasteiger partial charge in [0.1, 0.15) is 5.82 Å². The highest BCUT2D eigenvalue weighted by Gasteiger charge is 2.28. The molecule has 2 aromatic rings. The van der Waals surface area contributed by atoms with Gasteiger partial charge in [-0.25, -0.2) is 9.07 Å². The molecule has 0 spiro atoms. The maximum atomic E-state index is 13.0. The van der Waals surface area contributed by atoms with E-state index in [-0.39, 0.29) is 11.9 Å². The molecule has 0 bridgehead atoms. The predicted molar refractivity (Wildman–Crippen MR) is 72.4 cm³/mol. The first kappa shape index (κ1) is 13.2. The number of nitrogens with zero attached hydrogens (tertiary/aromatic N) is 5. The number of aromatic nitrogens is 4. The summed E-state index contributed by atoms with van der Waals surface area (Å²) >= 11 is 0. The summed E-state index contributed by atoms with van der Waals surface area (Å²) in [5.41, 5.74) is 1.08. The Hall–Kier alpha value is -1.82. The van der Waals surface area contributed by atoms with E-state index in [1.54, 1.807) is 0 Å². The highest BCUT2D eigenvalue weighted by Crippen LogP contribution is 2.34. The van der Waals surface area contributed by atoms with Gasteiger partial charge in [-0.15, -0.1) is 5.10 Å². The monoisotopic (exact) mass is 275 g/mol. The van der Waals surface area contributed by atoms with Crippen LogP contribution in [0.25, 0.3) is 0 Å². The van der Waals surface area contributed by atoms with Crippen LogP contribution < -0.4 is 0 Å². The van der Waals surface area contributed by atoms with Crippen molar-refractivity contribution in [1.29, 1.82) is 0 Å². The summed E-state index contributed by atoms with van der Waals surface area (Å²) < 4.78 is 14.9. The van der Waals surface area contributed by atoms with Gasteiger partial charge in [0.2, 0.25) is 0 Å². The Balaban J connectivity index is 1.70. The number of halogens is 1. The molecule has 0 amide bonds. The lowest BCUT2D eigenvalue weighted by Crippen LogP contribution is -2.24. The van der Waals surface area contributed by atoms with Crippen LogP contribution in [-0.2, 0) is 6.54 Å². The maximum Gasteiger partial charge on any atom is 0.165 e. The van der Waals surface area contributed by atoms with Gasteiger partial charge >= 0.3 is 0 Å². The van der Waals surface area contributed by atoms with Crippen LogP contribution in [0.2, 0.25) is 0 Å². The van der Waals surface area contributed by atoms with E-state index in [1.807, 2.05) is 23.9 Å². The van der Waals surface area contributed by atoms with Crippen LogP contribution in [0.3, 0.4) is 0 Å². The van der Waals surface area contributed by atoms with Crippen molar-refractivity contribution in [2.45, 2.75) is 38.4 Å². The Kier molecular flexibility index (Phi) is 3.48. The summed E-state index contributed by atoms with van der Waals surface area (Å²) in [6.45, 7) is 2.78. The van der Waals surface area contributed by atoms with E-state index >= 15 is 0 Å². The summed E-state index contributed by atoms with van der Waals surface area (Å²) in [6, 6.07) is 7.29. The van der Waals surface area contributed by atoms with Crippen molar-refractivity contribution >= 4 is 0 Å². The third-order valence-electron chi connectivity index (χ3n) is 3.86. The van der Waals surface area contributed by atoms with Gasteiger partial charge in [0.25, 0.3) is 0 Å². The molecule has 20 heavy (non-hydrogen) atoms. The fourth-order valence-corrected chi connectivity index (χ4v) is 2.27. The first-order chi connectivity index (χ1) is 9.65. The van der Waals surface area contributed by atoms with Gasteiger partial charge in [0.15, 0.2) is 5.82 Å². The number of tetrazole rings is 1. The van der Waals surface area contributed by atoms with Crippen molar-refractivity contribution in [3.05, 3.63) is 41.5 Å². The molecule has 0 N–H and O–H groups in total. The lowest BCUT2D eigenvalue weighted by molar-refractivity contribution is 0.241.